The first-order valence-corrected chi connectivity index (χ1v) is 9.19. The average molecular weight is 331 g/mol. The maximum Gasteiger partial charge on any atom is 0.243 e. The Balaban J connectivity index is 2.32. The summed E-state index contributed by atoms with van der Waals surface area (Å²) in [6.45, 7) is 1.77. The Morgan fingerprint density at radius 1 is 1.19 bits per heavy atom. The van der Waals surface area contributed by atoms with Crippen molar-refractivity contribution in [2.24, 2.45) is 0 Å². The molecule has 1 aliphatic carbocycles. The van der Waals surface area contributed by atoms with Gasteiger partial charge in [0, 0.05) is 13.1 Å². The Kier molecular flexibility index (Phi) is 5.17. The van der Waals surface area contributed by atoms with Crippen molar-refractivity contribution in [3.8, 4) is 0 Å². The van der Waals surface area contributed by atoms with Crippen LogP contribution < -0.4 is 5.73 Å². The highest BCUT2D eigenvalue weighted by Gasteiger charge is 2.29. The van der Waals surface area contributed by atoms with Crippen molar-refractivity contribution < 1.29 is 8.42 Å². The van der Waals surface area contributed by atoms with Crippen molar-refractivity contribution in [3.63, 3.8) is 0 Å². The second-order valence-electron chi connectivity index (χ2n) is 5.81. The van der Waals surface area contributed by atoms with E-state index in [-0.39, 0.29) is 10.9 Å². The van der Waals surface area contributed by atoms with Crippen LogP contribution in [0.15, 0.2) is 17.0 Å². The molecule has 0 radical (unpaired) electrons. The number of nitrogens with two attached hydrogens (primary N) is 1. The predicted molar refractivity (Wildman–Crippen MR) is 87.0 cm³/mol. The number of sulfonamides is 1. The molecule has 118 valence electrons. The lowest BCUT2D eigenvalue weighted by molar-refractivity contribution is 0.335. The average Bonchev–Trinajstić information content (AvgIpc) is 2.72. The third kappa shape index (κ3) is 3.52. The van der Waals surface area contributed by atoms with E-state index in [1.807, 2.05) is 0 Å². The highest BCUT2D eigenvalue weighted by atomic mass is 35.5. The van der Waals surface area contributed by atoms with E-state index >= 15 is 0 Å². The molecule has 1 aromatic rings. The molecule has 4 nitrogen and oxygen atoms in total. The van der Waals surface area contributed by atoms with E-state index in [9.17, 15) is 8.42 Å². The van der Waals surface area contributed by atoms with Crippen LogP contribution in [0.4, 0.5) is 5.69 Å². The van der Waals surface area contributed by atoms with Crippen LogP contribution in [0.1, 0.15) is 44.1 Å². The lowest BCUT2D eigenvalue weighted by Gasteiger charge is -2.26. The fourth-order valence-corrected chi connectivity index (χ4v) is 4.54. The molecule has 0 amide bonds. The fourth-order valence-electron chi connectivity index (χ4n) is 2.90. The Labute approximate surface area is 132 Å². The lowest BCUT2D eigenvalue weighted by Crippen LogP contribution is -2.36. The minimum Gasteiger partial charge on any atom is -0.397 e. The summed E-state index contributed by atoms with van der Waals surface area (Å²) < 4.78 is 27.1. The number of anilines is 1. The largest absolute Gasteiger partial charge is 0.397 e. The van der Waals surface area contributed by atoms with E-state index in [1.54, 1.807) is 20.0 Å². The zero-order chi connectivity index (χ0) is 15.6. The van der Waals surface area contributed by atoms with Crippen molar-refractivity contribution in [2.45, 2.75) is 56.4 Å². The summed E-state index contributed by atoms with van der Waals surface area (Å²) >= 11 is 6.02. The minimum atomic E-state index is -3.52. The van der Waals surface area contributed by atoms with Gasteiger partial charge in [-0.1, -0.05) is 37.3 Å². The van der Waals surface area contributed by atoms with Crippen molar-refractivity contribution in [1.29, 1.82) is 0 Å². The first kappa shape index (κ1) is 16.6. The first-order chi connectivity index (χ1) is 9.84. The number of benzene rings is 1. The topological polar surface area (TPSA) is 63.4 Å². The van der Waals surface area contributed by atoms with Gasteiger partial charge >= 0.3 is 0 Å². The van der Waals surface area contributed by atoms with Gasteiger partial charge in [-0.25, -0.2) is 8.42 Å². The molecule has 1 aromatic carbocycles. The number of hydrogen-bond acceptors (Lipinski definition) is 3. The Hall–Kier alpha value is -0.780. The molecule has 0 spiro atoms. The third-order valence-corrected chi connectivity index (χ3v) is 6.68. The second-order valence-corrected chi connectivity index (χ2v) is 8.19. The summed E-state index contributed by atoms with van der Waals surface area (Å²) in [6.07, 6.45) is 6.42. The van der Waals surface area contributed by atoms with Crippen molar-refractivity contribution in [2.75, 3.05) is 12.8 Å². The van der Waals surface area contributed by atoms with E-state index in [0.717, 1.165) is 25.7 Å². The van der Waals surface area contributed by atoms with E-state index in [2.05, 4.69) is 0 Å². The summed E-state index contributed by atoms with van der Waals surface area (Å²) in [7, 11) is -1.85. The summed E-state index contributed by atoms with van der Waals surface area (Å²) in [5.74, 6) is 0. The lowest BCUT2D eigenvalue weighted by atomic mass is 10.1. The maximum absolute atomic E-state index is 12.8. The maximum atomic E-state index is 12.8. The zero-order valence-electron chi connectivity index (χ0n) is 12.6. The smallest absolute Gasteiger partial charge is 0.243 e. The molecule has 0 atom stereocenters. The molecule has 1 saturated carbocycles. The first-order valence-electron chi connectivity index (χ1n) is 7.37. The van der Waals surface area contributed by atoms with Crippen LogP contribution in [0.5, 0.6) is 0 Å². The number of nitrogens with zero attached hydrogens (tertiary/aromatic N) is 1. The number of aryl methyl sites for hydroxylation is 1. The second kappa shape index (κ2) is 6.55. The van der Waals surface area contributed by atoms with Gasteiger partial charge in [0.2, 0.25) is 10.0 Å². The normalized spacial score (nSPS) is 17.9. The molecule has 1 fully saturated rings. The van der Waals surface area contributed by atoms with Crippen LogP contribution in [0.2, 0.25) is 5.02 Å². The summed E-state index contributed by atoms with van der Waals surface area (Å²) in [4.78, 5) is 0.230. The Morgan fingerprint density at radius 3 is 2.29 bits per heavy atom. The minimum absolute atomic E-state index is 0.0784. The van der Waals surface area contributed by atoms with Gasteiger partial charge in [0.15, 0.2) is 0 Å². The van der Waals surface area contributed by atoms with Gasteiger partial charge < -0.3 is 5.73 Å². The van der Waals surface area contributed by atoms with Crippen LogP contribution in [0.3, 0.4) is 0 Å². The molecule has 0 aromatic heterocycles. The molecular weight excluding hydrogens is 308 g/mol. The van der Waals surface area contributed by atoms with Gasteiger partial charge in [-0.2, -0.15) is 4.31 Å². The van der Waals surface area contributed by atoms with Crippen LogP contribution in [0.25, 0.3) is 0 Å². The van der Waals surface area contributed by atoms with Crippen molar-refractivity contribution >= 4 is 27.3 Å². The van der Waals surface area contributed by atoms with Crippen LogP contribution in [-0.2, 0) is 10.0 Å². The quantitative estimate of drug-likeness (QED) is 0.680. The van der Waals surface area contributed by atoms with Crippen molar-refractivity contribution in [3.05, 3.63) is 22.7 Å². The molecule has 0 unspecified atom stereocenters. The molecule has 2 N–H and O–H groups in total. The van der Waals surface area contributed by atoms with Crippen LogP contribution >= 0.6 is 11.6 Å². The van der Waals surface area contributed by atoms with Gasteiger partial charge in [-0.15, -0.1) is 0 Å². The van der Waals surface area contributed by atoms with Crippen molar-refractivity contribution in [1.82, 2.24) is 4.31 Å². The molecule has 0 heterocycles. The van der Waals surface area contributed by atoms with Gasteiger partial charge in [-0.05, 0) is 37.5 Å². The zero-order valence-corrected chi connectivity index (χ0v) is 14.2. The van der Waals surface area contributed by atoms with Gasteiger partial charge in [0.1, 0.15) is 0 Å². The molecule has 0 saturated heterocycles. The Morgan fingerprint density at radius 2 is 1.76 bits per heavy atom. The highest BCUT2D eigenvalue weighted by Crippen LogP contribution is 2.30. The molecular formula is C15H23ClN2O2S. The summed E-state index contributed by atoms with van der Waals surface area (Å²) in [5.41, 5.74) is 6.80. The van der Waals surface area contributed by atoms with E-state index in [4.69, 9.17) is 17.3 Å². The van der Waals surface area contributed by atoms with Gasteiger partial charge in [-0.3, -0.25) is 0 Å². The molecule has 0 aliphatic heterocycles. The standard InChI is InChI=1S/C15H23ClN2O2S/c1-11-9-13(10-14(17)15(11)16)21(19,20)18(2)12-7-5-3-4-6-8-12/h9-10,12H,3-8,17H2,1-2H3. The summed E-state index contributed by atoms with van der Waals surface area (Å²) in [5, 5.41) is 0.422. The molecule has 1 aliphatic rings. The van der Waals surface area contributed by atoms with E-state index in [0.29, 0.717) is 16.3 Å². The SMILES string of the molecule is Cc1cc(S(=O)(=O)N(C)C2CCCCCC2)cc(N)c1Cl. The predicted octanol–water partition coefficient (Wildman–Crippen LogP) is 3.57. The van der Waals surface area contributed by atoms with Crippen LogP contribution in [0, 0.1) is 6.92 Å². The molecule has 21 heavy (non-hydrogen) atoms. The number of nitrogen functional groups attached to an aromatic ring is 1. The Bertz CT molecular complexity index is 585. The fraction of sp³-hybridized carbons (Fsp3) is 0.600. The molecule has 6 heteroatoms. The van der Waals surface area contributed by atoms with Crippen LogP contribution in [-0.4, -0.2) is 25.8 Å². The molecule has 2 rings (SSSR count). The molecule has 0 bridgehead atoms. The number of halogens is 1. The van der Waals surface area contributed by atoms with Gasteiger partial charge in [0.05, 0.1) is 15.6 Å². The number of hydrogen-bond donors (Lipinski definition) is 1. The number of rotatable bonds is 3. The van der Waals surface area contributed by atoms with E-state index < -0.39 is 10.0 Å². The monoisotopic (exact) mass is 330 g/mol. The third-order valence-electron chi connectivity index (χ3n) is 4.27. The highest BCUT2D eigenvalue weighted by molar-refractivity contribution is 7.89. The summed E-state index contributed by atoms with van der Waals surface area (Å²) in [6, 6.07) is 3.13. The van der Waals surface area contributed by atoms with Gasteiger partial charge in [0.25, 0.3) is 0 Å². The van der Waals surface area contributed by atoms with E-state index in [1.165, 1.54) is 23.2 Å².